The molecule has 8 heteroatoms. The van der Waals surface area contributed by atoms with Gasteiger partial charge in [0.05, 0.1) is 24.1 Å². The van der Waals surface area contributed by atoms with E-state index in [1.807, 2.05) is 6.07 Å². The highest BCUT2D eigenvalue weighted by molar-refractivity contribution is 6.05. The Morgan fingerprint density at radius 1 is 1.16 bits per heavy atom. The van der Waals surface area contributed by atoms with Crippen molar-refractivity contribution in [2.45, 2.75) is 37.5 Å². The molecule has 0 aromatic heterocycles. The van der Waals surface area contributed by atoms with Crippen molar-refractivity contribution in [1.82, 2.24) is 4.90 Å². The molecule has 0 bridgehead atoms. The van der Waals surface area contributed by atoms with Crippen molar-refractivity contribution < 1.29 is 29.0 Å². The van der Waals surface area contributed by atoms with Crippen LogP contribution in [0, 0.1) is 0 Å². The average molecular weight is 424 g/mol. The summed E-state index contributed by atoms with van der Waals surface area (Å²) in [5, 5.41) is 11.9. The van der Waals surface area contributed by atoms with Gasteiger partial charge in [0.15, 0.2) is 0 Å². The summed E-state index contributed by atoms with van der Waals surface area (Å²) >= 11 is 0. The molecule has 1 fully saturated rings. The molecule has 2 aliphatic rings. The Hall–Kier alpha value is -3.39. The number of amides is 2. The minimum absolute atomic E-state index is 0.0675. The van der Waals surface area contributed by atoms with E-state index in [0.29, 0.717) is 35.4 Å². The molecule has 2 aliphatic heterocycles. The van der Waals surface area contributed by atoms with Crippen LogP contribution in [0.15, 0.2) is 48.5 Å². The molecule has 0 spiro atoms. The Morgan fingerprint density at radius 2 is 1.94 bits per heavy atom. The van der Waals surface area contributed by atoms with Gasteiger partial charge in [-0.2, -0.15) is 0 Å². The third-order valence-corrected chi connectivity index (χ3v) is 5.71. The fraction of sp³-hybridized carbons (Fsp3) is 0.348. The monoisotopic (exact) mass is 424 g/mol. The van der Waals surface area contributed by atoms with Crippen molar-refractivity contribution in [3.8, 4) is 5.75 Å². The Bertz CT molecular complexity index is 993. The molecule has 0 saturated carbocycles. The Balaban J connectivity index is 1.54. The number of rotatable bonds is 4. The number of benzene rings is 2. The summed E-state index contributed by atoms with van der Waals surface area (Å²) in [7, 11) is 1.71. The normalized spacial score (nSPS) is 22.9. The number of fused-ring (bicyclic) bond motifs is 2. The zero-order valence-electron chi connectivity index (χ0n) is 17.1. The van der Waals surface area contributed by atoms with Gasteiger partial charge in [0.25, 0.3) is 11.8 Å². The molecule has 8 nitrogen and oxygen atoms in total. The third-order valence-electron chi connectivity index (χ3n) is 5.71. The molecule has 2 aromatic rings. The zero-order chi connectivity index (χ0) is 22.0. The number of hydrogen-bond acceptors (Lipinski definition) is 5. The van der Waals surface area contributed by atoms with Gasteiger partial charge < -0.3 is 24.8 Å². The molecule has 2 heterocycles. The number of carbonyl (C=O) groups excluding carboxylic acids is 2. The van der Waals surface area contributed by atoms with Crippen LogP contribution in [0.3, 0.4) is 0 Å². The molecule has 162 valence electrons. The van der Waals surface area contributed by atoms with E-state index in [1.165, 1.54) is 0 Å². The van der Waals surface area contributed by atoms with Gasteiger partial charge in [0.2, 0.25) is 0 Å². The van der Waals surface area contributed by atoms with Crippen LogP contribution in [0.5, 0.6) is 5.75 Å². The van der Waals surface area contributed by atoms with Gasteiger partial charge in [0, 0.05) is 18.3 Å². The van der Waals surface area contributed by atoms with E-state index in [9.17, 15) is 14.4 Å². The van der Waals surface area contributed by atoms with Gasteiger partial charge in [-0.05, 0) is 43.2 Å². The Morgan fingerprint density at radius 3 is 2.68 bits per heavy atom. The first kappa shape index (κ1) is 20.9. The summed E-state index contributed by atoms with van der Waals surface area (Å²) in [5.41, 5.74) is 1.38. The number of aliphatic carboxylic acids is 1. The van der Waals surface area contributed by atoms with E-state index in [1.54, 1.807) is 54.4 Å². The maximum atomic E-state index is 13.2. The second-order valence-electron chi connectivity index (χ2n) is 7.80. The third kappa shape index (κ3) is 4.54. The van der Waals surface area contributed by atoms with E-state index in [2.05, 4.69) is 5.32 Å². The van der Waals surface area contributed by atoms with Gasteiger partial charge in [-0.25, -0.2) is 0 Å². The van der Waals surface area contributed by atoms with Gasteiger partial charge >= 0.3 is 5.97 Å². The molecule has 1 saturated heterocycles. The second kappa shape index (κ2) is 8.77. The number of hydrogen-bond donors (Lipinski definition) is 2. The van der Waals surface area contributed by atoms with E-state index >= 15 is 0 Å². The molecule has 2 aromatic carbocycles. The second-order valence-corrected chi connectivity index (χ2v) is 7.80. The highest BCUT2D eigenvalue weighted by Gasteiger charge is 2.39. The maximum Gasteiger partial charge on any atom is 0.305 e. The van der Waals surface area contributed by atoms with Crippen molar-refractivity contribution in [1.29, 1.82) is 0 Å². The largest absolute Gasteiger partial charge is 0.490 e. The molecule has 3 atom stereocenters. The first-order valence-corrected chi connectivity index (χ1v) is 10.2. The number of ether oxygens (including phenoxy) is 2. The van der Waals surface area contributed by atoms with E-state index < -0.39 is 12.1 Å². The number of nitrogens with one attached hydrogen (secondary N) is 1. The quantitative estimate of drug-likeness (QED) is 0.782. The summed E-state index contributed by atoms with van der Waals surface area (Å²) in [4.78, 5) is 38.3. The number of anilines is 1. The van der Waals surface area contributed by atoms with Crippen LogP contribution in [0.25, 0.3) is 0 Å². The summed E-state index contributed by atoms with van der Waals surface area (Å²) in [6, 6.07) is 13.6. The van der Waals surface area contributed by atoms with Gasteiger partial charge in [-0.15, -0.1) is 0 Å². The van der Waals surface area contributed by atoms with Crippen molar-refractivity contribution in [2.24, 2.45) is 0 Å². The van der Waals surface area contributed by atoms with Crippen molar-refractivity contribution in [3.05, 3.63) is 59.7 Å². The highest BCUT2D eigenvalue weighted by Crippen LogP contribution is 2.32. The maximum absolute atomic E-state index is 13.2. The van der Waals surface area contributed by atoms with E-state index in [4.69, 9.17) is 14.6 Å². The summed E-state index contributed by atoms with van der Waals surface area (Å²) < 4.78 is 11.8. The molecule has 4 rings (SSSR count). The molecule has 31 heavy (non-hydrogen) atoms. The van der Waals surface area contributed by atoms with Gasteiger partial charge in [-0.1, -0.05) is 18.2 Å². The lowest BCUT2D eigenvalue weighted by Gasteiger charge is -2.42. The standard InChI is InChI=1S/C23H24N2O6/c1-25-18-9-8-16(12-21(26)27)31-20(18)13-30-19-10-7-15(11-17(19)23(25)29)24-22(28)14-5-3-2-4-6-14/h2-7,10-11,16,18,20H,8-9,12-13H2,1H3,(H,24,28)(H,26,27)/t16-,18-,20-/m0/s1. The predicted molar refractivity (Wildman–Crippen MR) is 112 cm³/mol. The molecule has 0 aliphatic carbocycles. The first-order chi connectivity index (χ1) is 14.9. The lowest BCUT2D eigenvalue weighted by molar-refractivity contribution is -0.148. The van der Waals surface area contributed by atoms with Gasteiger partial charge in [0.1, 0.15) is 18.5 Å². The lowest BCUT2D eigenvalue weighted by Crippen LogP contribution is -2.53. The van der Waals surface area contributed by atoms with E-state index in [0.717, 1.165) is 0 Å². The number of nitrogens with zero attached hydrogens (tertiary/aromatic N) is 1. The lowest BCUT2D eigenvalue weighted by atomic mass is 9.94. The van der Waals surface area contributed by atoms with E-state index in [-0.39, 0.29) is 37.0 Å². The number of carbonyl (C=O) groups is 3. The predicted octanol–water partition coefficient (Wildman–Crippen LogP) is 2.79. The van der Waals surface area contributed by atoms with Crippen molar-refractivity contribution >= 4 is 23.5 Å². The van der Waals surface area contributed by atoms with Crippen LogP contribution in [0.1, 0.15) is 40.0 Å². The fourth-order valence-electron chi connectivity index (χ4n) is 4.09. The fourth-order valence-corrected chi connectivity index (χ4v) is 4.09. The Labute approximate surface area is 179 Å². The number of likely N-dealkylation sites (N-methyl/N-ethyl adjacent to an activating group) is 1. The van der Waals surface area contributed by atoms with Crippen molar-refractivity contribution in [3.63, 3.8) is 0 Å². The molecular formula is C23H24N2O6. The average Bonchev–Trinajstić information content (AvgIpc) is 2.77. The van der Waals surface area contributed by atoms with Crippen LogP contribution < -0.4 is 10.1 Å². The van der Waals surface area contributed by atoms with Gasteiger partial charge in [-0.3, -0.25) is 14.4 Å². The number of carboxylic acids is 1. The summed E-state index contributed by atoms with van der Waals surface area (Å²) in [6.07, 6.45) is 0.332. The molecular weight excluding hydrogens is 400 g/mol. The SMILES string of the molecule is CN1C(=O)c2cc(NC(=O)c3ccccc3)ccc2OC[C@@H]2O[C@H](CC(=O)O)CC[C@@H]21. The van der Waals surface area contributed by atoms with Crippen molar-refractivity contribution in [2.75, 3.05) is 19.0 Å². The van der Waals surface area contributed by atoms with Crippen LogP contribution in [-0.2, 0) is 9.53 Å². The molecule has 0 unspecified atom stereocenters. The minimum Gasteiger partial charge on any atom is -0.490 e. The van der Waals surface area contributed by atoms with Crippen LogP contribution in [-0.4, -0.2) is 59.7 Å². The molecule has 2 amide bonds. The zero-order valence-corrected chi connectivity index (χ0v) is 17.1. The first-order valence-electron chi connectivity index (χ1n) is 10.2. The Kier molecular flexibility index (Phi) is 5.90. The highest BCUT2D eigenvalue weighted by atomic mass is 16.5. The van der Waals surface area contributed by atoms with Crippen LogP contribution in [0.4, 0.5) is 5.69 Å². The molecule has 0 radical (unpaired) electrons. The summed E-state index contributed by atoms with van der Waals surface area (Å²) in [6.45, 7) is 0.209. The van der Waals surface area contributed by atoms with Crippen LogP contribution >= 0.6 is 0 Å². The minimum atomic E-state index is -0.907. The summed E-state index contributed by atoms with van der Waals surface area (Å²) in [5.74, 6) is -1.01. The topological polar surface area (TPSA) is 105 Å². The smallest absolute Gasteiger partial charge is 0.305 e. The van der Waals surface area contributed by atoms with Crippen LogP contribution in [0.2, 0.25) is 0 Å². The number of carboxylic acid groups (broad SMARTS) is 1. The molecule has 2 N–H and O–H groups in total.